The summed E-state index contributed by atoms with van der Waals surface area (Å²) in [7, 11) is 0. The molecule has 5 heteroatoms. The van der Waals surface area contributed by atoms with E-state index in [1.165, 1.54) is 0 Å². The van der Waals surface area contributed by atoms with Gasteiger partial charge in [0.25, 0.3) is 0 Å². The van der Waals surface area contributed by atoms with Crippen LogP contribution >= 0.6 is 0 Å². The van der Waals surface area contributed by atoms with Gasteiger partial charge in [-0.05, 0) is 18.3 Å². The van der Waals surface area contributed by atoms with Crippen LogP contribution in [0.1, 0.15) is 40.0 Å². The van der Waals surface area contributed by atoms with Gasteiger partial charge in [-0.1, -0.05) is 20.8 Å². The Hall–Kier alpha value is -1.10. The third-order valence-electron chi connectivity index (χ3n) is 3.44. The van der Waals surface area contributed by atoms with Crippen molar-refractivity contribution in [2.75, 3.05) is 32.8 Å². The van der Waals surface area contributed by atoms with E-state index in [0.717, 1.165) is 12.8 Å². The Morgan fingerprint density at radius 1 is 1.00 bits per heavy atom. The second-order valence-corrected chi connectivity index (χ2v) is 6.33. The predicted molar refractivity (Wildman–Crippen MR) is 73.6 cm³/mol. The standard InChI is InChI=1S/C14H26N2O3/c1-14(2,3)6-4-5-12(18)15-7-9-16(10-8-15)13(19)11-17/h17H,4-11H2,1-3H3. The maximum absolute atomic E-state index is 12.0. The van der Waals surface area contributed by atoms with Crippen molar-refractivity contribution in [3.63, 3.8) is 0 Å². The molecule has 0 bridgehead atoms. The van der Waals surface area contributed by atoms with E-state index in [4.69, 9.17) is 5.11 Å². The monoisotopic (exact) mass is 270 g/mol. The molecule has 0 aromatic carbocycles. The van der Waals surface area contributed by atoms with E-state index >= 15 is 0 Å². The van der Waals surface area contributed by atoms with Gasteiger partial charge >= 0.3 is 0 Å². The Morgan fingerprint density at radius 2 is 1.47 bits per heavy atom. The van der Waals surface area contributed by atoms with Crippen molar-refractivity contribution < 1.29 is 14.7 Å². The lowest BCUT2D eigenvalue weighted by Crippen LogP contribution is -2.51. The highest BCUT2D eigenvalue weighted by atomic mass is 16.3. The minimum Gasteiger partial charge on any atom is -0.387 e. The number of aliphatic hydroxyl groups excluding tert-OH is 1. The first kappa shape index (κ1) is 16.0. The highest BCUT2D eigenvalue weighted by Crippen LogP contribution is 2.21. The third kappa shape index (κ3) is 5.59. The Morgan fingerprint density at radius 3 is 1.89 bits per heavy atom. The molecule has 0 radical (unpaired) electrons. The molecule has 1 rings (SSSR count). The smallest absolute Gasteiger partial charge is 0.248 e. The number of nitrogens with zero attached hydrogens (tertiary/aromatic N) is 2. The van der Waals surface area contributed by atoms with Crippen LogP contribution in [0.2, 0.25) is 0 Å². The summed E-state index contributed by atoms with van der Waals surface area (Å²) in [4.78, 5) is 26.7. The van der Waals surface area contributed by atoms with Crippen molar-refractivity contribution in [2.45, 2.75) is 40.0 Å². The van der Waals surface area contributed by atoms with Crippen LogP contribution in [-0.2, 0) is 9.59 Å². The molecular weight excluding hydrogens is 244 g/mol. The van der Waals surface area contributed by atoms with Gasteiger partial charge in [0.2, 0.25) is 11.8 Å². The van der Waals surface area contributed by atoms with Gasteiger partial charge in [-0.3, -0.25) is 9.59 Å². The van der Waals surface area contributed by atoms with Crippen molar-refractivity contribution in [1.82, 2.24) is 9.80 Å². The molecule has 0 saturated carbocycles. The average molecular weight is 270 g/mol. The first-order chi connectivity index (χ1) is 8.83. The van der Waals surface area contributed by atoms with Gasteiger partial charge in [0.05, 0.1) is 0 Å². The summed E-state index contributed by atoms with van der Waals surface area (Å²) in [5.41, 5.74) is 0.270. The van der Waals surface area contributed by atoms with E-state index in [1.54, 1.807) is 4.90 Å². The fourth-order valence-corrected chi connectivity index (χ4v) is 2.23. The Balaban J connectivity index is 2.27. The molecule has 0 aromatic rings. The van der Waals surface area contributed by atoms with Gasteiger partial charge in [0.15, 0.2) is 0 Å². The number of rotatable bonds is 4. The molecule has 0 aliphatic carbocycles. The molecule has 5 nitrogen and oxygen atoms in total. The number of carbonyl (C=O) groups is 2. The molecule has 1 heterocycles. The highest BCUT2D eigenvalue weighted by Gasteiger charge is 2.23. The van der Waals surface area contributed by atoms with E-state index in [0.29, 0.717) is 32.6 Å². The lowest BCUT2D eigenvalue weighted by Gasteiger charge is -2.34. The van der Waals surface area contributed by atoms with Crippen LogP contribution in [0.15, 0.2) is 0 Å². The quantitative estimate of drug-likeness (QED) is 0.824. The van der Waals surface area contributed by atoms with Gasteiger partial charge in [0.1, 0.15) is 6.61 Å². The van der Waals surface area contributed by atoms with Crippen molar-refractivity contribution in [1.29, 1.82) is 0 Å². The zero-order chi connectivity index (χ0) is 14.5. The van der Waals surface area contributed by atoms with Crippen LogP contribution in [-0.4, -0.2) is 59.5 Å². The number of amides is 2. The van der Waals surface area contributed by atoms with E-state index in [-0.39, 0.29) is 17.2 Å². The van der Waals surface area contributed by atoms with Gasteiger partial charge in [0, 0.05) is 32.6 Å². The summed E-state index contributed by atoms with van der Waals surface area (Å²) < 4.78 is 0. The molecule has 2 amide bonds. The summed E-state index contributed by atoms with van der Waals surface area (Å²) >= 11 is 0. The van der Waals surface area contributed by atoms with Crippen LogP contribution in [0, 0.1) is 5.41 Å². The molecule has 1 fully saturated rings. The van der Waals surface area contributed by atoms with Crippen molar-refractivity contribution in [3.8, 4) is 0 Å². The summed E-state index contributed by atoms with van der Waals surface area (Å²) in [6.07, 6.45) is 2.55. The van der Waals surface area contributed by atoms with E-state index < -0.39 is 6.61 Å². The maximum atomic E-state index is 12.0. The molecule has 0 spiro atoms. The minimum atomic E-state index is -0.445. The fraction of sp³-hybridized carbons (Fsp3) is 0.857. The first-order valence-corrected chi connectivity index (χ1v) is 7.00. The van der Waals surface area contributed by atoms with Crippen LogP contribution in [0.25, 0.3) is 0 Å². The molecule has 1 aliphatic rings. The van der Waals surface area contributed by atoms with E-state index in [1.807, 2.05) is 4.90 Å². The van der Waals surface area contributed by atoms with E-state index in [2.05, 4.69) is 20.8 Å². The van der Waals surface area contributed by atoms with Crippen molar-refractivity contribution >= 4 is 11.8 Å². The lowest BCUT2D eigenvalue weighted by molar-refractivity contribution is -0.141. The Bertz CT molecular complexity index is 315. The van der Waals surface area contributed by atoms with Gasteiger partial charge in [-0.15, -0.1) is 0 Å². The molecular formula is C14H26N2O3. The molecule has 0 unspecified atom stereocenters. The molecule has 110 valence electrons. The fourth-order valence-electron chi connectivity index (χ4n) is 2.23. The summed E-state index contributed by atoms with van der Waals surface area (Å²) in [6.45, 7) is 8.32. The van der Waals surface area contributed by atoms with E-state index in [9.17, 15) is 9.59 Å². The maximum Gasteiger partial charge on any atom is 0.248 e. The zero-order valence-corrected chi connectivity index (χ0v) is 12.3. The van der Waals surface area contributed by atoms with Gasteiger partial charge in [-0.25, -0.2) is 0 Å². The van der Waals surface area contributed by atoms with Crippen LogP contribution in [0.4, 0.5) is 0 Å². The summed E-state index contributed by atoms with van der Waals surface area (Å²) in [5.74, 6) is -0.0693. The Labute approximate surface area is 115 Å². The van der Waals surface area contributed by atoms with Crippen molar-refractivity contribution in [2.24, 2.45) is 5.41 Å². The molecule has 19 heavy (non-hydrogen) atoms. The molecule has 1 aliphatic heterocycles. The summed E-state index contributed by atoms with van der Waals surface area (Å²) in [5, 5.41) is 8.78. The molecule has 0 aromatic heterocycles. The number of aliphatic hydroxyl groups is 1. The van der Waals surface area contributed by atoms with Crippen LogP contribution in [0.5, 0.6) is 0 Å². The second kappa shape index (κ2) is 6.89. The van der Waals surface area contributed by atoms with Crippen LogP contribution < -0.4 is 0 Å². The number of hydrogen-bond donors (Lipinski definition) is 1. The zero-order valence-electron chi connectivity index (χ0n) is 12.3. The molecule has 0 atom stereocenters. The second-order valence-electron chi connectivity index (χ2n) is 6.33. The van der Waals surface area contributed by atoms with Gasteiger partial charge in [-0.2, -0.15) is 0 Å². The minimum absolute atomic E-state index is 0.181. The molecule has 1 N–H and O–H groups in total. The average Bonchev–Trinajstić information content (AvgIpc) is 2.36. The third-order valence-corrected chi connectivity index (χ3v) is 3.44. The largest absolute Gasteiger partial charge is 0.387 e. The SMILES string of the molecule is CC(C)(C)CCCC(=O)N1CCN(C(=O)CO)CC1. The van der Waals surface area contributed by atoms with Gasteiger partial charge < -0.3 is 14.9 Å². The predicted octanol–water partition coefficient (Wildman–Crippen LogP) is 0.866. The number of piperazine rings is 1. The number of carbonyl (C=O) groups excluding carboxylic acids is 2. The highest BCUT2D eigenvalue weighted by molar-refractivity contribution is 5.79. The number of hydrogen-bond acceptors (Lipinski definition) is 3. The van der Waals surface area contributed by atoms with Crippen LogP contribution in [0.3, 0.4) is 0 Å². The Kier molecular flexibility index (Phi) is 5.79. The van der Waals surface area contributed by atoms with Crippen molar-refractivity contribution in [3.05, 3.63) is 0 Å². The first-order valence-electron chi connectivity index (χ1n) is 7.00. The topological polar surface area (TPSA) is 60.9 Å². The molecule has 1 saturated heterocycles. The lowest BCUT2D eigenvalue weighted by atomic mass is 9.90. The summed E-state index contributed by atoms with van der Waals surface area (Å²) in [6, 6.07) is 0. The normalized spacial score (nSPS) is 16.6.